The number of benzene rings is 1. The first-order valence-electron chi connectivity index (χ1n) is 10.5. The van der Waals surface area contributed by atoms with E-state index in [1.165, 1.54) is 24.0 Å². The van der Waals surface area contributed by atoms with Crippen LogP contribution in [0.4, 0.5) is 0 Å². The van der Waals surface area contributed by atoms with Crippen molar-refractivity contribution in [2.75, 3.05) is 33.9 Å². The summed E-state index contributed by atoms with van der Waals surface area (Å²) in [6, 6.07) is 12.5. The molecule has 2 N–H and O–H groups in total. The molecule has 6 nitrogen and oxygen atoms in total. The maximum Gasteiger partial charge on any atom is 0.191 e. The normalized spacial score (nSPS) is 13.9. The standard InChI is InChI=1S/C23H34N4O2.HI/c1-24-23(25-12-6-13-28-18-19-10-11-19)26-15-20-7-3-4-8-21(20)16-27(2)17-22-9-5-14-29-22;/h3-5,7-9,14,19H,6,10-13,15-18H2,1-2H3,(H2,24,25,26);1H. The van der Waals surface area contributed by atoms with E-state index in [2.05, 4.69) is 51.8 Å². The molecule has 0 bridgehead atoms. The highest BCUT2D eigenvalue weighted by atomic mass is 127. The number of ether oxygens (including phenoxy) is 1. The molecule has 0 radical (unpaired) electrons. The van der Waals surface area contributed by atoms with Gasteiger partial charge in [-0.3, -0.25) is 9.89 Å². The van der Waals surface area contributed by atoms with Crippen LogP contribution in [0.1, 0.15) is 36.1 Å². The molecule has 3 rings (SSSR count). The third kappa shape index (κ3) is 9.06. The number of guanidine groups is 1. The van der Waals surface area contributed by atoms with E-state index in [0.717, 1.165) is 63.5 Å². The van der Waals surface area contributed by atoms with Crippen LogP contribution in [0.3, 0.4) is 0 Å². The fourth-order valence-electron chi connectivity index (χ4n) is 3.21. The molecular formula is C23H35IN4O2. The molecule has 1 aromatic carbocycles. The van der Waals surface area contributed by atoms with Crippen LogP contribution >= 0.6 is 24.0 Å². The minimum atomic E-state index is 0. The zero-order chi connectivity index (χ0) is 20.3. The number of rotatable bonds is 12. The quantitative estimate of drug-likeness (QED) is 0.190. The van der Waals surface area contributed by atoms with Gasteiger partial charge in [-0.25, -0.2) is 0 Å². The largest absolute Gasteiger partial charge is 0.468 e. The Morgan fingerprint density at radius 3 is 2.63 bits per heavy atom. The molecule has 1 aliphatic carbocycles. The van der Waals surface area contributed by atoms with E-state index >= 15 is 0 Å². The Bertz CT molecular complexity index is 747. The summed E-state index contributed by atoms with van der Waals surface area (Å²) >= 11 is 0. The number of hydrogen-bond acceptors (Lipinski definition) is 4. The molecule has 30 heavy (non-hydrogen) atoms. The molecule has 1 aliphatic rings. The lowest BCUT2D eigenvalue weighted by molar-refractivity contribution is 0.123. The predicted octanol–water partition coefficient (Wildman–Crippen LogP) is 4.01. The lowest BCUT2D eigenvalue weighted by atomic mass is 10.1. The maximum absolute atomic E-state index is 5.68. The fourth-order valence-corrected chi connectivity index (χ4v) is 3.21. The van der Waals surface area contributed by atoms with E-state index in [1.54, 1.807) is 6.26 Å². The lowest BCUT2D eigenvalue weighted by Crippen LogP contribution is -2.37. The Labute approximate surface area is 197 Å². The Hall–Kier alpha value is -1.58. The molecule has 1 aromatic heterocycles. The smallest absolute Gasteiger partial charge is 0.191 e. The van der Waals surface area contributed by atoms with Crippen molar-refractivity contribution in [2.24, 2.45) is 10.9 Å². The average Bonchev–Trinajstić information content (AvgIpc) is 3.42. The van der Waals surface area contributed by atoms with E-state index in [1.807, 2.05) is 19.2 Å². The molecular weight excluding hydrogens is 491 g/mol. The van der Waals surface area contributed by atoms with Crippen LogP contribution in [0.5, 0.6) is 0 Å². The molecule has 1 fully saturated rings. The van der Waals surface area contributed by atoms with Crippen molar-refractivity contribution in [3.05, 3.63) is 59.5 Å². The third-order valence-corrected chi connectivity index (χ3v) is 5.04. The Morgan fingerprint density at radius 1 is 1.13 bits per heavy atom. The molecule has 0 atom stereocenters. The van der Waals surface area contributed by atoms with Gasteiger partial charge in [-0.15, -0.1) is 24.0 Å². The topological polar surface area (TPSA) is 62.0 Å². The van der Waals surface area contributed by atoms with Crippen LogP contribution in [0.25, 0.3) is 0 Å². The maximum atomic E-state index is 5.68. The molecule has 1 heterocycles. The molecule has 0 spiro atoms. The van der Waals surface area contributed by atoms with Crippen LogP contribution in [0.15, 0.2) is 52.1 Å². The molecule has 7 heteroatoms. The van der Waals surface area contributed by atoms with E-state index in [-0.39, 0.29) is 24.0 Å². The van der Waals surface area contributed by atoms with Crippen LogP contribution in [-0.4, -0.2) is 44.7 Å². The van der Waals surface area contributed by atoms with Crippen LogP contribution in [0, 0.1) is 5.92 Å². The van der Waals surface area contributed by atoms with Gasteiger partial charge in [-0.1, -0.05) is 24.3 Å². The molecule has 0 unspecified atom stereocenters. The first-order chi connectivity index (χ1) is 14.2. The minimum Gasteiger partial charge on any atom is -0.468 e. The minimum absolute atomic E-state index is 0. The highest BCUT2D eigenvalue weighted by molar-refractivity contribution is 14.0. The Balaban J connectivity index is 0.00000320. The summed E-state index contributed by atoms with van der Waals surface area (Å²) in [6.45, 7) is 4.99. The molecule has 0 saturated heterocycles. The van der Waals surface area contributed by atoms with Crippen molar-refractivity contribution < 1.29 is 9.15 Å². The van der Waals surface area contributed by atoms with Gasteiger partial charge < -0.3 is 19.8 Å². The predicted molar refractivity (Wildman–Crippen MR) is 132 cm³/mol. The SMILES string of the molecule is CN=C(NCCCOCC1CC1)NCc1ccccc1CN(C)Cc1ccco1.I. The summed E-state index contributed by atoms with van der Waals surface area (Å²) < 4.78 is 11.1. The Morgan fingerprint density at radius 2 is 1.93 bits per heavy atom. The second-order valence-electron chi connectivity index (χ2n) is 7.74. The van der Waals surface area contributed by atoms with Crippen molar-refractivity contribution in [2.45, 2.75) is 38.9 Å². The number of aliphatic imine (C=N–C) groups is 1. The third-order valence-electron chi connectivity index (χ3n) is 5.04. The van der Waals surface area contributed by atoms with Gasteiger partial charge >= 0.3 is 0 Å². The van der Waals surface area contributed by atoms with Gasteiger partial charge in [-0.05, 0) is 55.5 Å². The molecule has 166 valence electrons. The highest BCUT2D eigenvalue weighted by Gasteiger charge is 2.20. The van der Waals surface area contributed by atoms with Crippen molar-refractivity contribution in [1.29, 1.82) is 0 Å². The van der Waals surface area contributed by atoms with E-state index in [4.69, 9.17) is 9.15 Å². The summed E-state index contributed by atoms with van der Waals surface area (Å²) in [5, 5.41) is 6.79. The average molecular weight is 526 g/mol. The van der Waals surface area contributed by atoms with Crippen LogP contribution in [0.2, 0.25) is 0 Å². The van der Waals surface area contributed by atoms with Gasteiger partial charge in [0, 0.05) is 39.9 Å². The highest BCUT2D eigenvalue weighted by Crippen LogP contribution is 2.28. The summed E-state index contributed by atoms with van der Waals surface area (Å²) in [5.74, 6) is 2.63. The van der Waals surface area contributed by atoms with E-state index in [0.29, 0.717) is 0 Å². The van der Waals surface area contributed by atoms with Crippen molar-refractivity contribution >= 4 is 29.9 Å². The molecule has 1 saturated carbocycles. The fraction of sp³-hybridized carbons (Fsp3) is 0.522. The lowest BCUT2D eigenvalue weighted by Gasteiger charge is -2.19. The second-order valence-corrected chi connectivity index (χ2v) is 7.74. The van der Waals surface area contributed by atoms with E-state index in [9.17, 15) is 0 Å². The van der Waals surface area contributed by atoms with Crippen molar-refractivity contribution in [3.8, 4) is 0 Å². The van der Waals surface area contributed by atoms with Crippen LogP contribution < -0.4 is 10.6 Å². The van der Waals surface area contributed by atoms with Crippen molar-refractivity contribution in [1.82, 2.24) is 15.5 Å². The summed E-state index contributed by atoms with van der Waals surface area (Å²) in [4.78, 5) is 6.59. The van der Waals surface area contributed by atoms with Gasteiger partial charge in [0.15, 0.2) is 5.96 Å². The van der Waals surface area contributed by atoms with Crippen molar-refractivity contribution in [3.63, 3.8) is 0 Å². The number of hydrogen-bond donors (Lipinski definition) is 2. The molecule has 2 aromatic rings. The van der Waals surface area contributed by atoms with Gasteiger partial charge in [0.1, 0.15) is 5.76 Å². The van der Waals surface area contributed by atoms with Gasteiger partial charge in [0.2, 0.25) is 0 Å². The van der Waals surface area contributed by atoms with Gasteiger partial charge in [0.25, 0.3) is 0 Å². The zero-order valence-electron chi connectivity index (χ0n) is 18.1. The second kappa shape index (κ2) is 13.7. The number of nitrogens with one attached hydrogen (secondary N) is 2. The Kier molecular flexibility index (Phi) is 11.2. The monoisotopic (exact) mass is 526 g/mol. The zero-order valence-corrected chi connectivity index (χ0v) is 20.4. The summed E-state index contributed by atoms with van der Waals surface area (Å²) in [5.41, 5.74) is 2.58. The summed E-state index contributed by atoms with van der Waals surface area (Å²) in [6.07, 6.45) is 5.39. The van der Waals surface area contributed by atoms with E-state index < -0.39 is 0 Å². The molecule has 0 aliphatic heterocycles. The number of nitrogens with zero attached hydrogens (tertiary/aromatic N) is 2. The van der Waals surface area contributed by atoms with Gasteiger partial charge in [-0.2, -0.15) is 0 Å². The first kappa shape index (κ1) is 24.7. The van der Waals surface area contributed by atoms with Crippen LogP contribution in [-0.2, 0) is 24.4 Å². The van der Waals surface area contributed by atoms with Gasteiger partial charge in [0.05, 0.1) is 12.8 Å². The molecule has 0 amide bonds. The first-order valence-corrected chi connectivity index (χ1v) is 10.5. The summed E-state index contributed by atoms with van der Waals surface area (Å²) in [7, 11) is 3.92. The number of furan rings is 1. The number of halogens is 1.